The van der Waals surface area contributed by atoms with Crippen molar-refractivity contribution < 1.29 is 26.4 Å². The van der Waals surface area contributed by atoms with E-state index in [0.717, 1.165) is 24.3 Å². The molecule has 3 aromatic rings. The molecular formula is C16H10F3NO3S. The molecule has 3 rings (SSSR count). The number of benzene rings is 2. The molecule has 24 heavy (non-hydrogen) atoms. The summed E-state index contributed by atoms with van der Waals surface area (Å²) in [6, 6.07) is 7.43. The van der Waals surface area contributed by atoms with E-state index in [1.807, 2.05) is 0 Å². The lowest BCUT2D eigenvalue weighted by atomic mass is 10.2. The number of hydrogen-bond acceptors (Lipinski definition) is 3. The van der Waals surface area contributed by atoms with E-state index < -0.39 is 21.6 Å². The molecule has 0 aliphatic carbocycles. The van der Waals surface area contributed by atoms with Gasteiger partial charge in [0.1, 0.15) is 0 Å². The van der Waals surface area contributed by atoms with E-state index in [2.05, 4.69) is 4.98 Å². The number of fused-ring (bicyclic) bond motifs is 1. The molecule has 0 aliphatic rings. The van der Waals surface area contributed by atoms with Crippen LogP contribution in [0, 0.1) is 0 Å². The number of rotatable bonds is 3. The van der Waals surface area contributed by atoms with Crippen molar-refractivity contribution in [1.82, 2.24) is 4.98 Å². The molecule has 0 radical (unpaired) electrons. The number of carbonyl (C=O) groups excluding carboxylic acids is 1. The van der Waals surface area contributed by atoms with Gasteiger partial charge in [0.25, 0.3) is 0 Å². The Morgan fingerprint density at radius 1 is 0.958 bits per heavy atom. The predicted molar refractivity (Wildman–Crippen MR) is 80.6 cm³/mol. The lowest BCUT2D eigenvalue weighted by Crippen LogP contribution is -2.06. The summed E-state index contributed by atoms with van der Waals surface area (Å²) >= 11 is 0. The average molecular weight is 353 g/mol. The molecule has 1 aromatic heterocycles. The maximum atomic E-state index is 12.6. The Morgan fingerprint density at radius 3 is 2.17 bits per heavy atom. The summed E-state index contributed by atoms with van der Waals surface area (Å²) in [5.74, 6) is 0. The van der Waals surface area contributed by atoms with Crippen LogP contribution in [0.25, 0.3) is 10.9 Å². The molecule has 8 heteroatoms. The molecule has 1 heterocycles. The van der Waals surface area contributed by atoms with Gasteiger partial charge in [-0.25, -0.2) is 8.42 Å². The van der Waals surface area contributed by atoms with Gasteiger partial charge in [0.05, 0.1) is 15.4 Å². The number of aromatic amines is 1. The van der Waals surface area contributed by atoms with E-state index in [4.69, 9.17) is 0 Å². The summed E-state index contributed by atoms with van der Waals surface area (Å²) in [6.07, 6.45) is -2.50. The van der Waals surface area contributed by atoms with Crippen LogP contribution in [-0.4, -0.2) is 19.7 Å². The molecule has 124 valence electrons. The highest BCUT2D eigenvalue weighted by Gasteiger charge is 2.30. The van der Waals surface area contributed by atoms with E-state index in [1.165, 1.54) is 24.4 Å². The van der Waals surface area contributed by atoms with Crippen LogP contribution in [-0.2, 0) is 16.0 Å². The highest BCUT2D eigenvalue weighted by molar-refractivity contribution is 7.91. The quantitative estimate of drug-likeness (QED) is 0.728. The second kappa shape index (κ2) is 5.48. The van der Waals surface area contributed by atoms with Crippen molar-refractivity contribution in [2.45, 2.75) is 16.0 Å². The molecular weight excluding hydrogens is 343 g/mol. The van der Waals surface area contributed by atoms with Gasteiger partial charge in [-0.2, -0.15) is 13.2 Å². The first-order valence-electron chi connectivity index (χ1n) is 6.72. The van der Waals surface area contributed by atoms with Crippen molar-refractivity contribution in [1.29, 1.82) is 0 Å². The molecule has 0 amide bonds. The Bertz CT molecular complexity index is 1020. The Labute approximate surface area is 134 Å². The Hall–Kier alpha value is -2.61. The monoisotopic (exact) mass is 353 g/mol. The van der Waals surface area contributed by atoms with Gasteiger partial charge in [-0.1, -0.05) is 0 Å². The fourth-order valence-electron chi connectivity index (χ4n) is 2.35. The minimum Gasteiger partial charge on any atom is -0.360 e. The first-order valence-corrected chi connectivity index (χ1v) is 8.20. The molecule has 1 N–H and O–H groups in total. The van der Waals surface area contributed by atoms with Crippen molar-refractivity contribution in [3.05, 3.63) is 59.8 Å². The van der Waals surface area contributed by atoms with Crippen LogP contribution < -0.4 is 0 Å². The third-order valence-corrected chi connectivity index (χ3v) is 5.38. The molecule has 0 atom stereocenters. The largest absolute Gasteiger partial charge is 0.416 e. The van der Waals surface area contributed by atoms with Gasteiger partial charge in [-0.15, -0.1) is 0 Å². The maximum Gasteiger partial charge on any atom is 0.416 e. The minimum absolute atomic E-state index is 0.0996. The fraction of sp³-hybridized carbons (Fsp3) is 0.0625. The molecule has 4 nitrogen and oxygen atoms in total. The normalized spacial score (nSPS) is 12.5. The Balaban J connectivity index is 2.08. The van der Waals surface area contributed by atoms with Gasteiger partial charge >= 0.3 is 6.18 Å². The second-order valence-electron chi connectivity index (χ2n) is 5.09. The topological polar surface area (TPSA) is 67.0 Å². The molecule has 0 unspecified atom stereocenters. The van der Waals surface area contributed by atoms with E-state index in [9.17, 15) is 26.4 Å². The molecule has 0 bridgehead atoms. The van der Waals surface area contributed by atoms with E-state index >= 15 is 0 Å². The highest BCUT2D eigenvalue weighted by atomic mass is 32.2. The van der Waals surface area contributed by atoms with Crippen LogP contribution in [0.3, 0.4) is 0 Å². The number of sulfone groups is 1. The second-order valence-corrected chi connectivity index (χ2v) is 7.04. The number of halogens is 3. The van der Waals surface area contributed by atoms with Gasteiger partial charge in [-0.05, 0) is 42.5 Å². The van der Waals surface area contributed by atoms with Crippen molar-refractivity contribution in [2.75, 3.05) is 0 Å². The van der Waals surface area contributed by atoms with E-state index in [1.54, 1.807) is 0 Å². The van der Waals surface area contributed by atoms with Crippen molar-refractivity contribution in [2.24, 2.45) is 0 Å². The van der Waals surface area contributed by atoms with Gasteiger partial charge < -0.3 is 4.98 Å². The number of hydrogen-bond donors (Lipinski definition) is 1. The summed E-state index contributed by atoms with van der Waals surface area (Å²) in [6.45, 7) is 0. The highest BCUT2D eigenvalue weighted by Crippen LogP contribution is 2.31. The van der Waals surface area contributed by atoms with E-state index in [-0.39, 0.29) is 9.79 Å². The molecule has 2 aromatic carbocycles. The van der Waals surface area contributed by atoms with Crippen LogP contribution in [0.1, 0.15) is 15.9 Å². The molecule has 0 saturated carbocycles. The minimum atomic E-state index is -4.54. The SMILES string of the molecule is O=Cc1c[nH]c2ccc(S(=O)(=O)c3ccc(C(F)(F)F)cc3)cc12. The molecule has 0 spiro atoms. The number of alkyl halides is 3. The Kier molecular flexibility index (Phi) is 3.71. The third-order valence-electron chi connectivity index (χ3n) is 3.61. The van der Waals surface area contributed by atoms with Crippen molar-refractivity contribution in [3.63, 3.8) is 0 Å². The fourth-order valence-corrected chi connectivity index (χ4v) is 3.63. The molecule has 0 saturated heterocycles. The first-order chi connectivity index (χ1) is 11.2. The smallest absolute Gasteiger partial charge is 0.360 e. The zero-order chi connectivity index (χ0) is 17.5. The number of nitrogens with one attached hydrogen (secondary N) is 1. The average Bonchev–Trinajstić information content (AvgIpc) is 2.96. The summed E-state index contributed by atoms with van der Waals surface area (Å²) in [7, 11) is -3.99. The van der Waals surface area contributed by atoms with Gasteiger partial charge in [0.15, 0.2) is 6.29 Å². The van der Waals surface area contributed by atoms with E-state index in [0.29, 0.717) is 22.8 Å². The van der Waals surface area contributed by atoms with Gasteiger partial charge in [0.2, 0.25) is 9.84 Å². The van der Waals surface area contributed by atoms with Gasteiger partial charge in [0, 0.05) is 22.7 Å². The van der Waals surface area contributed by atoms with Crippen LogP contribution >= 0.6 is 0 Å². The number of H-pyrrole nitrogens is 1. The third kappa shape index (κ3) is 2.69. The number of aromatic nitrogens is 1. The lowest BCUT2D eigenvalue weighted by molar-refractivity contribution is -0.137. The van der Waals surface area contributed by atoms with Crippen molar-refractivity contribution in [3.8, 4) is 0 Å². The van der Waals surface area contributed by atoms with Crippen LogP contribution in [0.2, 0.25) is 0 Å². The first kappa shape index (κ1) is 16.3. The number of aldehydes is 1. The standard InChI is InChI=1S/C16H10F3NO3S/c17-16(18,19)11-1-3-12(4-2-11)24(22,23)13-5-6-15-14(7-13)10(9-21)8-20-15/h1-9,20H. The summed E-state index contributed by atoms with van der Waals surface area (Å²) in [5.41, 5.74) is -0.0382. The number of carbonyl (C=O) groups is 1. The van der Waals surface area contributed by atoms with Crippen molar-refractivity contribution >= 4 is 27.0 Å². The van der Waals surface area contributed by atoms with Crippen LogP contribution in [0.4, 0.5) is 13.2 Å². The predicted octanol–water partition coefficient (Wildman–Crippen LogP) is 3.83. The Morgan fingerprint density at radius 2 is 1.58 bits per heavy atom. The summed E-state index contributed by atoms with van der Waals surface area (Å²) < 4.78 is 62.9. The summed E-state index contributed by atoms with van der Waals surface area (Å²) in [4.78, 5) is 13.4. The maximum absolute atomic E-state index is 12.6. The van der Waals surface area contributed by atoms with Crippen LogP contribution in [0.5, 0.6) is 0 Å². The molecule has 0 aliphatic heterocycles. The lowest BCUT2D eigenvalue weighted by Gasteiger charge is -2.09. The summed E-state index contributed by atoms with van der Waals surface area (Å²) in [5, 5.41) is 0.429. The van der Waals surface area contributed by atoms with Gasteiger partial charge in [-0.3, -0.25) is 4.79 Å². The molecule has 0 fully saturated rings. The zero-order valence-electron chi connectivity index (χ0n) is 12.0. The zero-order valence-corrected chi connectivity index (χ0v) is 12.8. The van der Waals surface area contributed by atoms with Crippen LogP contribution in [0.15, 0.2) is 58.5 Å².